The Balaban J connectivity index is 2.04. The lowest BCUT2D eigenvalue weighted by atomic mass is 10.1. The van der Waals surface area contributed by atoms with E-state index in [1.807, 2.05) is 13.8 Å². The number of carbonyl (C=O) groups excluding carboxylic acids is 2. The van der Waals surface area contributed by atoms with Crippen LogP contribution in [0.15, 0.2) is 24.3 Å². The van der Waals surface area contributed by atoms with Crippen LogP contribution in [0.25, 0.3) is 0 Å². The van der Waals surface area contributed by atoms with Gasteiger partial charge in [0.15, 0.2) is 0 Å². The Bertz CT molecular complexity index is 709. The van der Waals surface area contributed by atoms with Gasteiger partial charge in [-0.25, -0.2) is 4.79 Å². The fourth-order valence-electron chi connectivity index (χ4n) is 3.03. The number of hydrogen-bond donors (Lipinski definition) is 3. The molecule has 1 aliphatic rings. The summed E-state index contributed by atoms with van der Waals surface area (Å²) in [6, 6.07) is 6.47. The molecule has 3 N–H and O–H groups in total. The molecule has 9 nitrogen and oxygen atoms in total. The zero-order chi connectivity index (χ0) is 20.7. The molecular formula is C19H28N4O5. The van der Waals surface area contributed by atoms with Crippen molar-refractivity contribution in [2.45, 2.75) is 26.0 Å². The van der Waals surface area contributed by atoms with Crippen LogP contribution in [-0.4, -0.2) is 84.8 Å². The largest absolute Gasteiger partial charge is 0.480 e. The predicted octanol–water partition coefficient (Wildman–Crippen LogP) is 1.07. The minimum absolute atomic E-state index is 0.0225. The quantitative estimate of drug-likeness (QED) is 0.640. The zero-order valence-electron chi connectivity index (χ0n) is 16.5. The van der Waals surface area contributed by atoms with Crippen LogP contribution in [0.2, 0.25) is 0 Å². The van der Waals surface area contributed by atoms with Crippen molar-refractivity contribution in [1.82, 2.24) is 15.1 Å². The topological polar surface area (TPSA) is 111 Å². The second-order valence-electron chi connectivity index (χ2n) is 7.13. The number of nitrogens with one attached hydrogen (secondary N) is 2. The average Bonchev–Trinajstić information content (AvgIpc) is 2.60. The molecule has 28 heavy (non-hydrogen) atoms. The number of aliphatic carboxylic acids is 1. The lowest BCUT2D eigenvalue weighted by molar-refractivity contribution is -0.138. The van der Waals surface area contributed by atoms with Gasteiger partial charge in [0.25, 0.3) is 5.91 Å². The number of likely N-dealkylation sites (N-methyl/N-ethyl adjacent to an activating group) is 1. The highest BCUT2D eigenvalue weighted by atomic mass is 16.5. The average molecular weight is 392 g/mol. The number of urea groups is 1. The highest BCUT2D eigenvalue weighted by Crippen LogP contribution is 2.19. The van der Waals surface area contributed by atoms with Gasteiger partial charge in [0.2, 0.25) is 0 Å². The van der Waals surface area contributed by atoms with E-state index in [0.717, 1.165) is 0 Å². The Kier molecular flexibility index (Phi) is 7.77. The van der Waals surface area contributed by atoms with Gasteiger partial charge in [0.05, 0.1) is 30.5 Å². The summed E-state index contributed by atoms with van der Waals surface area (Å²) in [6.07, 6.45) is -0.272. The van der Waals surface area contributed by atoms with Crippen molar-refractivity contribution in [3.05, 3.63) is 29.8 Å². The monoisotopic (exact) mass is 392 g/mol. The summed E-state index contributed by atoms with van der Waals surface area (Å²) in [5.74, 6) is -1.11. The molecule has 1 unspecified atom stereocenters. The number of carboxylic acid groups (broad SMARTS) is 1. The smallest absolute Gasteiger partial charge is 0.319 e. The lowest BCUT2D eigenvalue weighted by Gasteiger charge is -2.35. The van der Waals surface area contributed by atoms with Crippen LogP contribution in [-0.2, 0) is 9.53 Å². The predicted molar refractivity (Wildman–Crippen MR) is 105 cm³/mol. The highest BCUT2D eigenvalue weighted by molar-refractivity contribution is 6.03. The molecule has 1 aliphatic heterocycles. The summed E-state index contributed by atoms with van der Waals surface area (Å²) in [6.45, 7) is 5.19. The highest BCUT2D eigenvalue weighted by Gasteiger charge is 2.27. The van der Waals surface area contributed by atoms with Crippen LogP contribution in [0.4, 0.5) is 10.5 Å². The molecule has 3 amide bonds. The minimum Gasteiger partial charge on any atom is -0.480 e. The first-order chi connectivity index (χ1) is 13.3. The van der Waals surface area contributed by atoms with Crippen molar-refractivity contribution in [3.8, 4) is 0 Å². The Hall–Kier alpha value is -2.65. The summed E-state index contributed by atoms with van der Waals surface area (Å²) >= 11 is 0. The molecule has 0 aromatic heterocycles. The summed E-state index contributed by atoms with van der Waals surface area (Å²) < 4.78 is 5.68. The van der Waals surface area contributed by atoms with E-state index in [9.17, 15) is 14.4 Å². The van der Waals surface area contributed by atoms with E-state index in [0.29, 0.717) is 37.5 Å². The van der Waals surface area contributed by atoms with E-state index >= 15 is 0 Å². The van der Waals surface area contributed by atoms with E-state index in [2.05, 4.69) is 10.6 Å². The third kappa shape index (κ3) is 6.50. The van der Waals surface area contributed by atoms with Crippen LogP contribution in [0.5, 0.6) is 0 Å². The lowest BCUT2D eigenvalue weighted by Crippen LogP contribution is -2.49. The number of rotatable bonds is 7. The second-order valence-corrected chi connectivity index (χ2v) is 7.13. The molecule has 0 saturated carbocycles. The molecule has 1 fully saturated rings. The molecule has 0 radical (unpaired) electrons. The van der Waals surface area contributed by atoms with Gasteiger partial charge in [-0.2, -0.15) is 0 Å². The van der Waals surface area contributed by atoms with Gasteiger partial charge in [-0.05, 0) is 33.0 Å². The molecule has 1 aromatic rings. The van der Waals surface area contributed by atoms with Crippen molar-refractivity contribution < 1.29 is 24.2 Å². The number of amides is 3. The van der Waals surface area contributed by atoms with Gasteiger partial charge in [-0.1, -0.05) is 12.1 Å². The number of benzene rings is 1. The first-order valence-corrected chi connectivity index (χ1v) is 9.24. The molecule has 0 bridgehead atoms. The first kappa shape index (κ1) is 21.6. The maximum atomic E-state index is 13.0. The summed E-state index contributed by atoms with van der Waals surface area (Å²) in [5.41, 5.74) is 0.845. The normalized spacial score (nSPS) is 16.9. The van der Waals surface area contributed by atoms with Gasteiger partial charge >= 0.3 is 12.0 Å². The van der Waals surface area contributed by atoms with Crippen molar-refractivity contribution in [3.63, 3.8) is 0 Å². The first-order valence-electron chi connectivity index (χ1n) is 9.24. The van der Waals surface area contributed by atoms with E-state index in [1.165, 1.54) is 0 Å². The Labute approximate surface area is 164 Å². The molecule has 0 aliphatic carbocycles. The SMILES string of the molecule is CC(C)NC(=O)Nc1ccccc1C(=O)N1CCOC(CN(C)CC(=O)O)C1. The minimum atomic E-state index is -0.911. The second kappa shape index (κ2) is 10.0. The maximum Gasteiger partial charge on any atom is 0.319 e. The third-order valence-electron chi connectivity index (χ3n) is 4.17. The Morgan fingerprint density at radius 2 is 2.04 bits per heavy atom. The number of hydrogen-bond acceptors (Lipinski definition) is 5. The number of carboxylic acids is 1. The summed E-state index contributed by atoms with van der Waals surface area (Å²) in [7, 11) is 1.70. The molecule has 9 heteroatoms. The molecule has 1 saturated heterocycles. The van der Waals surface area contributed by atoms with Gasteiger partial charge < -0.3 is 25.4 Å². The Morgan fingerprint density at radius 3 is 2.71 bits per heavy atom. The molecular weight excluding hydrogens is 364 g/mol. The van der Waals surface area contributed by atoms with Crippen LogP contribution in [0.3, 0.4) is 0 Å². The van der Waals surface area contributed by atoms with E-state index < -0.39 is 5.97 Å². The summed E-state index contributed by atoms with van der Waals surface area (Å²) in [4.78, 5) is 39.2. The maximum absolute atomic E-state index is 13.0. The fourth-order valence-corrected chi connectivity index (χ4v) is 3.03. The van der Waals surface area contributed by atoms with Crippen molar-refractivity contribution in [1.29, 1.82) is 0 Å². The van der Waals surface area contributed by atoms with Crippen molar-refractivity contribution in [2.24, 2.45) is 0 Å². The molecule has 154 valence electrons. The van der Waals surface area contributed by atoms with E-state index in [-0.39, 0.29) is 30.6 Å². The van der Waals surface area contributed by atoms with Gasteiger partial charge in [-0.15, -0.1) is 0 Å². The van der Waals surface area contributed by atoms with Crippen LogP contribution in [0.1, 0.15) is 24.2 Å². The van der Waals surface area contributed by atoms with Crippen molar-refractivity contribution >= 4 is 23.6 Å². The third-order valence-corrected chi connectivity index (χ3v) is 4.17. The number of morpholine rings is 1. The van der Waals surface area contributed by atoms with E-state index in [4.69, 9.17) is 9.84 Å². The number of anilines is 1. The van der Waals surface area contributed by atoms with Crippen LogP contribution >= 0.6 is 0 Å². The Morgan fingerprint density at radius 1 is 1.32 bits per heavy atom. The van der Waals surface area contributed by atoms with Crippen LogP contribution < -0.4 is 10.6 Å². The molecule has 2 rings (SSSR count). The fraction of sp³-hybridized carbons (Fsp3) is 0.526. The van der Waals surface area contributed by atoms with Crippen LogP contribution in [0, 0.1) is 0 Å². The van der Waals surface area contributed by atoms with Gasteiger partial charge in [0.1, 0.15) is 0 Å². The number of para-hydroxylation sites is 1. The molecule has 1 atom stereocenters. The van der Waals surface area contributed by atoms with Crippen molar-refractivity contribution in [2.75, 3.05) is 45.2 Å². The number of nitrogens with zero attached hydrogens (tertiary/aromatic N) is 2. The standard InChI is InChI=1S/C19H28N4O5/c1-13(2)20-19(27)21-16-7-5-4-6-15(16)18(26)23-8-9-28-14(11-23)10-22(3)12-17(24)25/h4-7,13-14H,8-12H2,1-3H3,(H,24,25)(H2,20,21,27). The summed E-state index contributed by atoms with van der Waals surface area (Å²) in [5, 5.41) is 14.3. The zero-order valence-corrected chi connectivity index (χ0v) is 16.5. The van der Waals surface area contributed by atoms with Gasteiger partial charge in [-0.3, -0.25) is 14.5 Å². The van der Waals surface area contributed by atoms with Gasteiger partial charge in [0, 0.05) is 25.7 Å². The van der Waals surface area contributed by atoms with E-state index in [1.54, 1.807) is 41.1 Å². The molecule has 1 aromatic carbocycles. The molecule has 0 spiro atoms. The molecule has 1 heterocycles. The number of carbonyl (C=O) groups is 3. The number of ether oxygens (including phenoxy) is 1.